The van der Waals surface area contributed by atoms with Crippen molar-refractivity contribution in [2.75, 3.05) is 69.6 Å². The van der Waals surface area contributed by atoms with Crippen molar-refractivity contribution in [2.24, 2.45) is 0 Å². The van der Waals surface area contributed by atoms with Crippen molar-refractivity contribution in [3.05, 3.63) is 0 Å². The van der Waals surface area contributed by atoms with Crippen LogP contribution in [-0.4, -0.2) is 105 Å². The van der Waals surface area contributed by atoms with Gasteiger partial charge in [-0.2, -0.15) is 0 Å². The van der Waals surface area contributed by atoms with E-state index in [-0.39, 0.29) is 0 Å². The monoisotopic (exact) mass is 382 g/mol. The lowest BCUT2D eigenvalue weighted by molar-refractivity contribution is -0.890. The molecule has 0 aromatic heterocycles. The summed E-state index contributed by atoms with van der Waals surface area (Å²) in [5.74, 6) is 0. The molecule has 0 spiro atoms. The van der Waals surface area contributed by atoms with Crippen LogP contribution in [0.1, 0.15) is 6.42 Å². The van der Waals surface area contributed by atoms with Gasteiger partial charge in [-0.1, -0.05) is 0 Å². The van der Waals surface area contributed by atoms with Gasteiger partial charge in [0, 0.05) is 6.42 Å². The number of quaternary nitrogens is 2. The van der Waals surface area contributed by atoms with E-state index in [1.54, 1.807) is 0 Å². The van der Waals surface area contributed by atoms with E-state index in [0.29, 0.717) is 0 Å². The van der Waals surface area contributed by atoms with Crippen molar-refractivity contribution < 1.29 is 43.3 Å². The molecule has 0 radical (unpaired) electrons. The van der Waals surface area contributed by atoms with Gasteiger partial charge in [0.2, 0.25) is 20.8 Å². The lowest BCUT2D eigenvalue weighted by Gasteiger charge is -2.28. The van der Waals surface area contributed by atoms with Crippen LogP contribution >= 0.6 is 0 Å². The fourth-order valence-corrected chi connectivity index (χ4v) is 1.02. The molecule has 144 valence electrons. The summed E-state index contributed by atoms with van der Waals surface area (Å²) < 4.78 is 64.2. The average molecular weight is 383 g/mol. The zero-order valence-corrected chi connectivity index (χ0v) is 16.7. The van der Waals surface area contributed by atoms with Gasteiger partial charge in [0.25, 0.3) is 0 Å². The molecule has 23 heavy (non-hydrogen) atoms. The molecule has 0 heterocycles. The molecule has 10 nitrogen and oxygen atoms in total. The highest BCUT2D eigenvalue weighted by atomic mass is 32.3. The predicted molar refractivity (Wildman–Crippen MR) is 83.8 cm³/mol. The second kappa shape index (κ2) is 11.3. The highest BCUT2D eigenvalue weighted by molar-refractivity contribution is 7.81. The van der Waals surface area contributed by atoms with E-state index in [0.717, 1.165) is 23.2 Å². The molecule has 0 saturated heterocycles. The average Bonchev–Trinajstić information content (AvgIpc) is 2.25. The molecule has 0 bridgehead atoms. The second-order valence-corrected chi connectivity index (χ2v) is 8.83. The van der Waals surface area contributed by atoms with Crippen LogP contribution in [0, 0.1) is 0 Å². The van der Waals surface area contributed by atoms with Gasteiger partial charge >= 0.3 is 0 Å². The van der Waals surface area contributed by atoms with Crippen LogP contribution in [0.4, 0.5) is 0 Å². The Balaban J connectivity index is -0.000000284. The first-order chi connectivity index (χ1) is 9.83. The van der Waals surface area contributed by atoms with Crippen molar-refractivity contribution in [3.8, 4) is 0 Å². The van der Waals surface area contributed by atoms with E-state index in [9.17, 15) is 25.9 Å². The van der Waals surface area contributed by atoms with Gasteiger partial charge in [0.05, 0.1) is 69.6 Å². The maximum absolute atomic E-state index is 9.22. The molecular formula is C11H30N2O8S2. The molecule has 0 aromatic carbocycles. The maximum atomic E-state index is 9.22. The Morgan fingerprint density at radius 1 is 0.696 bits per heavy atom. The summed E-state index contributed by atoms with van der Waals surface area (Å²) in [6.45, 7) is 2.55. The molecule has 0 aromatic rings. The molecule has 0 atom stereocenters. The highest BCUT2D eigenvalue weighted by Gasteiger charge is 2.11. The Morgan fingerprint density at radius 2 is 0.870 bits per heavy atom. The molecule has 0 aliphatic rings. The fraction of sp³-hybridized carbons (Fsp3) is 1.00. The SMILES string of the molecule is COS(=O)(=O)[O-].COS(=O)(=O)[O-].C[N+](C)(C)CCC[N+](C)(C)C. The summed E-state index contributed by atoms with van der Waals surface area (Å²) in [4.78, 5) is 0. The molecule has 0 aliphatic heterocycles. The van der Waals surface area contributed by atoms with Crippen molar-refractivity contribution in [2.45, 2.75) is 6.42 Å². The van der Waals surface area contributed by atoms with Crippen LogP contribution in [-0.2, 0) is 29.2 Å². The molecule has 0 aliphatic carbocycles. The van der Waals surface area contributed by atoms with E-state index in [2.05, 4.69) is 50.7 Å². The van der Waals surface area contributed by atoms with E-state index >= 15 is 0 Å². The van der Waals surface area contributed by atoms with E-state index in [1.165, 1.54) is 19.5 Å². The van der Waals surface area contributed by atoms with Gasteiger partial charge in [-0.05, 0) is 0 Å². The largest absolute Gasteiger partial charge is 0.726 e. The molecular weight excluding hydrogens is 352 g/mol. The Bertz CT molecular complexity index is 443. The normalized spacial score (nSPS) is 12.6. The van der Waals surface area contributed by atoms with Crippen LogP contribution in [0.15, 0.2) is 0 Å². The van der Waals surface area contributed by atoms with Gasteiger partial charge in [0.15, 0.2) is 0 Å². The topological polar surface area (TPSA) is 133 Å². The van der Waals surface area contributed by atoms with Gasteiger partial charge in [0.1, 0.15) is 0 Å². The third-order valence-corrected chi connectivity index (χ3v) is 2.88. The van der Waals surface area contributed by atoms with Crippen LogP contribution in [0.3, 0.4) is 0 Å². The Morgan fingerprint density at radius 3 is 0.957 bits per heavy atom. The Labute approximate surface area is 140 Å². The summed E-state index contributed by atoms with van der Waals surface area (Å²) in [5, 5.41) is 0. The molecule has 0 fully saturated rings. The number of hydrogen-bond donors (Lipinski definition) is 0. The fourth-order valence-electron chi connectivity index (χ4n) is 1.02. The number of nitrogens with zero attached hydrogens (tertiary/aromatic N) is 2. The van der Waals surface area contributed by atoms with Crippen molar-refractivity contribution >= 4 is 20.8 Å². The van der Waals surface area contributed by atoms with Gasteiger partial charge in [-0.3, -0.25) is 8.37 Å². The maximum Gasteiger partial charge on any atom is 0.217 e. The van der Waals surface area contributed by atoms with Gasteiger partial charge < -0.3 is 18.1 Å². The molecule has 0 saturated carbocycles. The molecule has 12 heteroatoms. The van der Waals surface area contributed by atoms with E-state index in [4.69, 9.17) is 0 Å². The second-order valence-electron chi connectivity index (χ2n) is 6.53. The lowest BCUT2D eigenvalue weighted by Crippen LogP contribution is -2.40. The van der Waals surface area contributed by atoms with Crippen LogP contribution in [0.2, 0.25) is 0 Å². The smallest absolute Gasteiger partial charge is 0.217 e. The number of rotatable bonds is 6. The predicted octanol–water partition coefficient (Wildman–Crippen LogP) is -1.03. The first kappa shape index (κ1) is 27.5. The van der Waals surface area contributed by atoms with Crippen LogP contribution in [0.25, 0.3) is 0 Å². The summed E-state index contributed by atoms with van der Waals surface area (Å²) in [7, 11) is 6.27. The molecule has 0 N–H and O–H groups in total. The van der Waals surface area contributed by atoms with Crippen LogP contribution in [0.5, 0.6) is 0 Å². The molecule has 0 rings (SSSR count). The summed E-state index contributed by atoms with van der Waals surface area (Å²) in [6, 6.07) is 0. The van der Waals surface area contributed by atoms with Crippen LogP contribution < -0.4 is 0 Å². The van der Waals surface area contributed by atoms with E-state index in [1.807, 2.05) is 0 Å². The van der Waals surface area contributed by atoms with E-state index < -0.39 is 20.8 Å². The van der Waals surface area contributed by atoms with Gasteiger partial charge in [-0.25, -0.2) is 16.8 Å². The van der Waals surface area contributed by atoms with Crippen molar-refractivity contribution in [1.29, 1.82) is 0 Å². The zero-order valence-electron chi connectivity index (χ0n) is 15.1. The summed E-state index contributed by atoms with van der Waals surface area (Å²) in [6.07, 6.45) is 1.31. The minimum atomic E-state index is -4.41. The highest BCUT2D eigenvalue weighted by Crippen LogP contribution is 1.98. The quantitative estimate of drug-likeness (QED) is 0.324. The Hall–Kier alpha value is -0.340. The van der Waals surface area contributed by atoms with Crippen molar-refractivity contribution in [3.63, 3.8) is 0 Å². The first-order valence-electron chi connectivity index (χ1n) is 6.47. The third-order valence-electron chi connectivity index (χ3n) is 2.07. The standard InChI is InChI=1S/C9H24N2.2CH4O4S/c1-10(2,3)8-7-9-11(4,5)6;2*1-5-6(2,3)4/h7-9H2,1-6H3;2*1H3,(H,2,3,4)/q+2;;/p-2. The number of hydrogen-bond acceptors (Lipinski definition) is 8. The minimum Gasteiger partial charge on any atom is -0.726 e. The minimum absolute atomic E-state index is 0.808. The van der Waals surface area contributed by atoms with Gasteiger partial charge in [-0.15, -0.1) is 0 Å². The first-order valence-corrected chi connectivity index (χ1v) is 9.13. The Kier molecular flexibility index (Phi) is 13.5. The summed E-state index contributed by atoms with van der Waals surface area (Å²) >= 11 is 0. The summed E-state index contributed by atoms with van der Waals surface area (Å²) in [5.41, 5.74) is 0. The molecule has 0 amide bonds. The molecule has 0 unspecified atom stereocenters. The zero-order chi connectivity index (χ0) is 19.5. The van der Waals surface area contributed by atoms with Crippen molar-refractivity contribution in [1.82, 2.24) is 0 Å². The lowest BCUT2D eigenvalue weighted by atomic mass is 10.3. The third kappa shape index (κ3) is 44.9.